The van der Waals surface area contributed by atoms with Gasteiger partial charge in [-0.1, -0.05) is 12.1 Å². The number of hydrogen-bond donors (Lipinski definition) is 0. The monoisotopic (exact) mass is 370 g/mol. The van der Waals surface area contributed by atoms with E-state index in [-0.39, 0.29) is 35.6 Å². The molecular formula is C20H23FN4O2. The largest absolute Gasteiger partial charge is 0.337 e. The summed E-state index contributed by atoms with van der Waals surface area (Å²) in [7, 11) is 1.75. The number of aromatic nitrogens is 2. The number of amides is 2. The normalized spacial score (nSPS) is 24.8. The molecule has 2 fully saturated rings. The third kappa shape index (κ3) is 3.01. The minimum Gasteiger partial charge on any atom is -0.337 e. The standard InChI is InChI=1S/C20H23FN4O2/c1-13(26)24-11-3-4-17-19(24)16(14-5-7-15(21)8-6-14)12-25(17)20(27)18-9-10-22-23(18)2/h5-10,16-17,19H,3-4,11-12H2,1-2H3/t16-,17-,19-/m1/s1. The zero-order valence-corrected chi connectivity index (χ0v) is 15.5. The molecule has 3 atom stereocenters. The SMILES string of the molecule is CC(=O)N1CCC[C@@H]2[C@H]1[C@@H](c1ccc(F)cc1)CN2C(=O)c1ccnn1C. The number of carbonyl (C=O) groups excluding carboxylic acids is 2. The van der Waals surface area contributed by atoms with E-state index in [1.807, 2.05) is 9.80 Å². The minimum absolute atomic E-state index is 0.0200. The highest BCUT2D eigenvalue weighted by Gasteiger charge is 2.49. The molecule has 7 heteroatoms. The van der Waals surface area contributed by atoms with Crippen LogP contribution in [0.2, 0.25) is 0 Å². The number of hydrogen-bond acceptors (Lipinski definition) is 3. The van der Waals surface area contributed by atoms with Gasteiger partial charge in [0.1, 0.15) is 11.5 Å². The molecule has 0 aliphatic carbocycles. The Morgan fingerprint density at radius 2 is 1.89 bits per heavy atom. The molecule has 2 aliphatic heterocycles. The second kappa shape index (κ2) is 6.79. The molecule has 1 aromatic carbocycles. The van der Waals surface area contributed by atoms with E-state index in [2.05, 4.69) is 5.10 Å². The van der Waals surface area contributed by atoms with Gasteiger partial charge in [-0.05, 0) is 36.6 Å². The number of rotatable bonds is 2. The number of carbonyl (C=O) groups is 2. The molecule has 0 N–H and O–H groups in total. The summed E-state index contributed by atoms with van der Waals surface area (Å²) in [5.41, 5.74) is 1.49. The van der Waals surface area contributed by atoms with Gasteiger partial charge in [0.05, 0.1) is 12.1 Å². The Morgan fingerprint density at radius 1 is 1.15 bits per heavy atom. The second-order valence-corrected chi connectivity index (χ2v) is 7.37. The van der Waals surface area contributed by atoms with Crippen molar-refractivity contribution in [2.24, 2.45) is 7.05 Å². The highest BCUT2D eigenvalue weighted by atomic mass is 19.1. The quantitative estimate of drug-likeness (QED) is 0.814. The first-order valence-corrected chi connectivity index (χ1v) is 9.29. The van der Waals surface area contributed by atoms with Crippen molar-refractivity contribution in [3.05, 3.63) is 53.6 Å². The van der Waals surface area contributed by atoms with Gasteiger partial charge in [0.25, 0.3) is 5.91 Å². The number of benzene rings is 1. The third-order valence-corrected chi connectivity index (χ3v) is 5.86. The van der Waals surface area contributed by atoms with Gasteiger partial charge < -0.3 is 9.80 Å². The molecule has 6 nitrogen and oxygen atoms in total. The Kier molecular flexibility index (Phi) is 4.45. The van der Waals surface area contributed by atoms with Gasteiger partial charge in [0.2, 0.25) is 5.91 Å². The van der Waals surface area contributed by atoms with E-state index in [4.69, 9.17) is 0 Å². The van der Waals surface area contributed by atoms with Crippen LogP contribution >= 0.6 is 0 Å². The lowest BCUT2D eigenvalue weighted by molar-refractivity contribution is -0.133. The molecule has 3 heterocycles. The van der Waals surface area contributed by atoms with Crippen molar-refractivity contribution in [3.8, 4) is 0 Å². The molecule has 0 saturated carbocycles. The zero-order valence-electron chi connectivity index (χ0n) is 15.5. The van der Waals surface area contributed by atoms with Crippen molar-refractivity contribution in [1.82, 2.24) is 19.6 Å². The Morgan fingerprint density at radius 3 is 2.52 bits per heavy atom. The summed E-state index contributed by atoms with van der Waals surface area (Å²) in [5, 5.41) is 4.11. The van der Waals surface area contributed by atoms with Crippen LogP contribution < -0.4 is 0 Å². The van der Waals surface area contributed by atoms with Gasteiger partial charge in [-0.25, -0.2) is 4.39 Å². The van der Waals surface area contributed by atoms with E-state index in [1.165, 1.54) is 12.1 Å². The first kappa shape index (κ1) is 17.7. The number of halogens is 1. The highest BCUT2D eigenvalue weighted by Crippen LogP contribution is 2.40. The topological polar surface area (TPSA) is 58.4 Å². The van der Waals surface area contributed by atoms with E-state index in [1.54, 1.807) is 43.0 Å². The Hall–Kier alpha value is -2.70. The maximum atomic E-state index is 13.4. The fourth-order valence-electron chi connectivity index (χ4n) is 4.62. The van der Waals surface area contributed by atoms with E-state index in [0.29, 0.717) is 18.8 Å². The van der Waals surface area contributed by atoms with Crippen LogP contribution in [-0.2, 0) is 11.8 Å². The first-order valence-electron chi connectivity index (χ1n) is 9.29. The van der Waals surface area contributed by atoms with Gasteiger partial charge in [0.15, 0.2) is 0 Å². The minimum atomic E-state index is -0.289. The zero-order chi connectivity index (χ0) is 19.1. The molecular weight excluding hydrogens is 347 g/mol. The molecule has 0 bridgehead atoms. The van der Waals surface area contributed by atoms with Gasteiger partial charge in [-0.3, -0.25) is 14.3 Å². The van der Waals surface area contributed by atoms with E-state index < -0.39 is 0 Å². The number of likely N-dealkylation sites (tertiary alicyclic amines) is 2. The van der Waals surface area contributed by atoms with E-state index in [9.17, 15) is 14.0 Å². The molecule has 4 rings (SSSR count). The fourth-order valence-corrected chi connectivity index (χ4v) is 4.62. The van der Waals surface area contributed by atoms with Crippen molar-refractivity contribution in [1.29, 1.82) is 0 Å². The molecule has 0 spiro atoms. The number of piperidine rings is 1. The summed E-state index contributed by atoms with van der Waals surface area (Å²) in [5.74, 6) is -0.369. The predicted molar refractivity (Wildman–Crippen MR) is 97.6 cm³/mol. The Bertz CT molecular complexity index is 863. The molecule has 2 saturated heterocycles. The summed E-state index contributed by atoms with van der Waals surface area (Å²) in [6, 6.07) is 8.00. The lowest BCUT2D eigenvalue weighted by Gasteiger charge is -2.41. The molecule has 2 aliphatic rings. The van der Waals surface area contributed by atoms with Crippen LogP contribution in [0.4, 0.5) is 4.39 Å². The van der Waals surface area contributed by atoms with Crippen LogP contribution in [0.3, 0.4) is 0 Å². The third-order valence-electron chi connectivity index (χ3n) is 5.86. The van der Waals surface area contributed by atoms with Crippen molar-refractivity contribution in [2.45, 2.75) is 37.8 Å². The Labute approximate surface area is 157 Å². The smallest absolute Gasteiger partial charge is 0.272 e. The molecule has 2 amide bonds. The number of nitrogens with zero attached hydrogens (tertiary/aromatic N) is 4. The lowest BCUT2D eigenvalue weighted by Crippen LogP contribution is -2.53. The van der Waals surface area contributed by atoms with E-state index >= 15 is 0 Å². The first-order chi connectivity index (χ1) is 13.0. The molecule has 0 radical (unpaired) electrons. The fraction of sp³-hybridized carbons (Fsp3) is 0.450. The molecule has 0 unspecified atom stereocenters. The van der Waals surface area contributed by atoms with Gasteiger partial charge >= 0.3 is 0 Å². The second-order valence-electron chi connectivity index (χ2n) is 7.37. The highest BCUT2D eigenvalue weighted by molar-refractivity contribution is 5.93. The summed E-state index contributed by atoms with van der Waals surface area (Å²) in [4.78, 5) is 29.2. The Balaban J connectivity index is 1.72. The van der Waals surface area contributed by atoms with Crippen LogP contribution in [0.25, 0.3) is 0 Å². The maximum Gasteiger partial charge on any atom is 0.272 e. The molecule has 1 aromatic heterocycles. The van der Waals surface area contributed by atoms with Gasteiger partial charge in [0, 0.05) is 39.2 Å². The van der Waals surface area contributed by atoms with Crippen molar-refractivity contribution in [2.75, 3.05) is 13.1 Å². The van der Waals surface area contributed by atoms with Crippen LogP contribution in [-0.4, -0.2) is 56.6 Å². The summed E-state index contributed by atoms with van der Waals surface area (Å²) in [6.45, 7) is 2.78. The summed E-state index contributed by atoms with van der Waals surface area (Å²) < 4.78 is 15.0. The van der Waals surface area contributed by atoms with Crippen LogP contribution in [0, 0.1) is 5.82 Å². The average molecular weight is 370 g/mol. The number of fused-ring (bicyclic) bond motifs is 1. The number of aryl methyl sites for hydroxylation is 1. The van der Waals surface area contributed by atoms with Crippen molar-refractivity contribution < 1.29 is 14.0 Å². The van der Waals surface area contributed by atoms with Gasteiger partial charge in [-0.2, -0.15) is 5.10 Å². The van der Waals surface area contributed by atoms with Crippen molar-refractivity contribution in [3.63, 3.8) is 0 Å². The lowest BCUT2D eigenvalue weighted by atomic mass is 9.86. The summed E-state index contributed by atoms with van der Waals surface area (Å²) >= 11 is 0. The predicted octanol–water partition coefficient (Wildman–Crippen LogP) is 2.18. The van der Waals surface area contributed by atoms with Crippen LogP contribution in [0.5, 0.6) is 0 Å². The van der Waals surface area contributed by atoms with Crippen molar-refractivity contribution >= 4 is 11.8 Å². The van der Waals surface area contributed by atoms with E-state index in [0.717, 1.165) is 18.4 Å². The van der Waals surface area contributed by atoms with Crippen LogP contribution in [0.15, 0.2) is 36.5 Å². The molecule has 142 valence electrons. The molecule has 27 heavy (non-hydrogen) atoms. The van der Waals surface area contributed by atoms with Gasteiger partial charge in [-0.15, -0.1) is 0 Å². The van der Waals surface area contributed by atoms with Crippen LogP contribution in [0.1, 0.15) is 41.7 Å². The molecule has 2 aromatic rings. The average Bonchev–Trinajstić information content (AvgIpc) is 3.25. The maximum absolute atomic E-state index is 13.4. The summed E-state index contributed by atoms with van der Waals surface area (Å²) in [6.07, 6.45) is 3.34.